The molecule has 0 saturated carbocycles. The lowest BCUT2D eigenvalue weighted by molar-refractivity contribution is -0.126. The van der Waals surface area contributed by atoms with E-state index in [2.05, 4.69) is 41.4 Å². The van der Waals surface area contributed by atoms with Gasteiger partial charge in [-0.25, -0.2) is 0 Å². The maximum atomic E-state index is 11.9. The number of nitrogens with two attached hydrogens (primary N) is 1. The highest BCUT2D eigenvalue weighted by molar-refractivity contribution is 5.85. The van der Waals surface area contributed by atoms with Crippen LogP contribution in [0.3, 0.4) is 0 Å². The molecule has 116 valence electrons. The zero-order chi connectivity index (χ0) is 15.5. The number of hydrogen-bond acceptors (Lipinski definition) is 3. The van der Waals surface area contributed by atoms with Gasteiger partial charge >= 0.3 is 0 Å². The van der Waals surface area contributed by atoms with E-state index < -0.39 is 5.54 Å². The predicted molar refractivity (Wildman–Crippen MR) is 85.9 cm³/mol. The first-order chi connectivity index (χ1) is 9.86. The first kappa shape index (κ1) is 16.0. The number of carbonyl (C=O) groups excluding carboxylic acids is 1. The van der Waals surface area contributed by atoms with Crippen LogP contribution in [0.15, 0.2) is 24.3 Å². The minimum Gasteiger partial charge on any atom is -0.352 e. The van der Waals surface area contributed by atoms with Gasteiger partial charge in [0.1, 0.15) is 0 Å². The van der Waals surface area contributed by atoms with Gasteiger partial charge in [-0.2, -0.15) is 0 Å². The second-order valence-electron chi connectivity index (χ2n) is 6.67. The van der Waals surface area contributed by atoms with Crippen LogP contribution < -0.4 is 11.1 Å². The van der Waals surface area contributed by atoms with E-state index in [-0.39, 0.29) is 11.9 Å². The third-order valence-electron chi connectivity index (χ3n) is 4.16. The summed E-state index contributed by atoms with van der Waals surface area (Å²) in [5.41, 5.74) is 7.76. The van der Waals surface area contributed by atoms with Crippen LogP contribution in [0.4, 0.5) is 0 Å². The number of aryl methyl sites for hydroxylation is 1. The molecule has 1 saturated heterocycles. The quantitative estimate of drug-likeness (QED) is 0.889. The van der Waals surface area contributed by atoms with Crippen molar-refractivity contribution in [3.05, 3.63) is 35.4 Å². The third-order valence-corrected chi connectivity index (χ3v) is 4.16. The van der Waals surface area contributed by atoms with Gasteiger partial charge in [-0.3, -0.25) is 9.69 Å². The Morgan fingerprint density at radius 3 is 2.52 bits per heavy atom. The minimum absolute atomic E-state index is 0.0557. The van der Waals surface area contributed by atoms with Gasteiger partial charge in [0, 0.05) is 25.7 Å². The monoisotopic (exact) mass is 289 g/mol. The molecule has 0 atom stereocenters. The molecule has 21 heavy (non-hydrogen) atoms. The highest BCUT2D eigenvalue weighted by atomic mass is 16.2. The second kappa shape index (κ2) is 6.58. The Kier molecular flexibility index (Phi) is 5.01. The molecule has 4 nitrogen and oxygen atoms in total. The van der Waals surface area contributed by atoms with Crippen LogP contribution in [-0.2, 0) is 11.3 Å². The van der Waals surface area contributed by atoms with Crippen LogP contribution in [0, 0.1) is 6.92 Å². The van der Waals surface area contributed by atoms with Gasteiger partial charge in [-0.05, 0) is 44.7 Å². The van der Waals surface area contributed by atoms with Gasteiger partial charge in [0.15, 0.2) is 0 Å². The lowest BCUT2D eigenvalue weighted by Crippen LogP contribution is -2.54. The van der Waals surface area contributed by atoms with Gasteiger partial charge in [0.25, 0.3) is 0 Å². The molecule has 4 heteroatoms. The Hall–Kier alpha value is -1.39. The molecule has 0 bridgehead atoms. The second-order valence-corrected chi connectivity index (χ2v) is 6.67. The molecule has 0 spiro atoms. The normalized spacial score (nSPS) is 17.7. The van der Waals surface area contributed by atoms with Gasteiger partial charge in [-0.1, -0.05) is 24.3 Å². The van der Waals surface area contributed by atoms with Crippen molar-refractivity contribution >= 4 is 5.91 Å². The minimum atomic E-state index is -0.793. The molecule has 1 heterocycles. The summed E-state index contributed by atoms with van der Waals surface area (Å²) in [6.07, 6.45) is 1.99. The van der Waals surface area contributed by atoms with Crippen LogP contribution in [0.5, 0.6) is 0 Å². The standard InChI is InChI=1S/C17H27N3O/c1-13-6-4-5-7-14(13)12-20-10-8-15(9-11-20)19-16(21)17(2,3)18/h4-7,15H,8-12,18H2,1-3H3,(H,19,21). The molecule has 1 fully saturated rings. The fraction of sp³-hybridized carbons (Fsp3) is 0.588. The van der Waals surface area contributed by atoms with Crippen molar-refractivity contribution in [1.82, 2.24) is 10.2 Å². The molecule has 0 unspecified atom stereocenters. The number of piperidine rings is 1. The van der Waals surface area contributed by atoms with Crippen LogP contribution in [-0.4, -0.2) is 35.5 Å². The SMILES string of the molecule is Cc1ccccc1CN1CCC(NC(=O)C(C)(C)N)CC1. The van der Waals surface area contributed by atoms with Crippen molar-refractivity contribution in [3.63, 3.8) is 0 Å². The molecule has 1 aromatic rings. The maximum Gasteiger partial charge on any atom is 0.239 e. The fourth-order valence-electron chi connectivity index (χ4n) is 2.64. The Balaban J connectivity index is 1.81. The Bertz CT molecular complexity index is 485. The van der Waals surface area contributed by atoms with Crippen LogP contribution in [0.2, 0.25) is 0 Å². The topological polar surface area (TPSA) is 58.4 Å². The van der Waals surface area contributed by atoms with Crippen LogP contribution in [0.25, 0.3) is 0 Å². The molecule has 0 radical (unpaired) electrons. The zero-order valence-electron chi connectivity index (χ0n) is 13.4. The van der Waals surface area contributed by atoms with E-state index in [0.717, 1.165) is 32.5 Å². The Morgan fingerprint density at radius 2 is 1.95 bits per heavy atom. The molecule has 0 aliphatic carbocycles. The summed E-state index contributed by atoms with van der Waals surface area (Å²) in [5, 5.41) is 3.06. The number of nitrogens with one attached hydrogen (secondary N) is 1. The van der Waals surface area contributed by atoms with Crippen molar-refractivity contribution in [2.75, 3.05) is 13.1 Å². The first-order valence-electron chi connectivity index (χ1n) is 7.73. The Morgan fingerprint density at radius 1 is 1.33 bits per heavy atom. The third kappa shape index (κ3) is 4.55. The highest BCUT2D eigenvalue weighted by Gasteiger charge is 2.26. The summed E-state index contributed by atoms with van der Waals surface area (Å²) in [4.78, 5) is 14.4. The summed E-state index contributed by atoms with van der Waals surface area (Å²) < 4.78 is 0. The molecule has 0 aromatic heterocycles. The average Bonchev–Trinajstić information content (AvgIpc) is 2.42. The number of likely N-dealkylation sites (tertiary alicyclic amines) is 1. The van der Waals surface area contributed by atoms with Crippen molar-refractivity contribution in [1.29, 1.82) is 0 Å². The molecule has 1 aromatic carbocycles. The zero-order valence-corrected chi connectivity index (χ0v) is 13.4. The lowest BCUT2D eigenvalue weighted by atomic mass is 10.0. The summed E-state index contributed by atoms with van der Waals surface area (Å²) in [5.74, 6) is -0.0557. The summed E-state index contributed by atoms with van der Waals surface area (Å²) in [6, 6.07) is 8.79. The number of nitrogens with zero attached hydrogens (tertiary/aromatic N) is 1. The maximum absolute atomic E-state index is 11.9. The molecule has 3 N–H and O–H groups in total. The van der Waals surface area contributed by atoms with E-state index in [9.17, 15) is 4.79 Å². The average molecular weight is 289 g/mol. The molecule has 1 aliphatic heterocycles. The number of rotatable bonds is 4. The van der Waals surface area contributed by atoms with Crippen LogP contribution >= 0.6 is 0 Å². The van der Waals surface area contributed by atoms with E-state index in [1.165, 1.54) is 11.1 Å². The molecular weight excluding hydrogens is 262 g/mol. The first-order valence-corrected chi connectivity index (χ1v) is 7.73. The van der Waals surface area contributed by atoms with Crippen molar-refractivity contribution in [2.45, 2.75) is 51.7 Å². The van der Waals surface area contributed by atoms with E-state index in [4.69, 9.17) is 5.73 Å². The van der Waals surface area contributed by atoms with Gasteiger partial charge < -0.3 is 11.1 Å². The van der Waals surface area contributed by atoms with Crippen molar-refractivity contribution in [3.8, 4) is 0 Å². The molecule has 1 amide bonds. The highest BCUT2D eigenvalue weighted by Crippen LogP contribution is 2.16. The van der Waals surface area contributed by atoms with Gasteiger partial charge in [0.05, 0.1) is 5.54 Å². The van der Waals surface area contributed by atoms with E-state index in [0.29, 0.717) is 0 Å². The van der Waals surface area contributed by atoms with E-state index >= 15 is 0 Å². The number of amides is 1. The van der Waals surface area contributed by atoms with Gasteiger partial charge in [0.2, 0.25) is 5.91 Å². The molecular formula is C17H27N3O. The largest absolute Gasteiger partial charge is 0.352 e. The fourth-order valence-corrected chi connectivity index (χ4v) is 2.64. The number of hydrogen-bond donors (Lipinski definition) is 2. The van der Waals surface area contributed by atoms with E-state index in [1.54, 1.807) is 13.8 Å². The predicted octanol–water partition coefficient (Wildman–Crippen LogP) is 1.81. The Labute approximate surface area is 127 Å². The molecule has 2 rings (SSSR count). The van der Waals surface area contributed by atoms with Crippen molar-refractivity contribution in [2.24, 2.45) is 5.73 Å². The van der Waals surface area contributed by atoms with Gasteiger partial charge in [-0.15, -0.1) is 0 Å². The van der Waals surface area contributed by atoms with Crippen molar-refractivity contribution < 1.29 is 4.79 Å². The number of carbonyl (C=O) groups is 1. The van der Waals surface area contributed by atoms with Crippen LogP contribution in [0.1, 0.15) is 37.8 Å². The molecule has 1 aliphatic rings. The smallest absolute Gasteiger partial charge is 0.239 e. The number of benzene rings is 1. The van der Waals surface area contributed by atoms with E-state index in [1.807, 2.05) is 0 Å². The summed E-state index contributed by atoms with van der Waals surface area (Å²) in [6.45, 7) is 8.68. The lowest BCUT2D eigenvalue weighted by Gasteiger charge is -2.34. The summed E-state index contributed by atoms with van der Waals surface area (Å²) >= 11 is 0. The summed E-state index contributed by atoms with van der Waals surface area (Å²) in [7, 11) is 0.